The van der Waals surface area contributed by atoms with Gasteiger partial charge in [-0.1, -0.05) is 70.5 Å². The van der Waals surface area contributed by atoms with Crippen molar-refractivity contribution in [2.75, 3.05) is 13.3 Å². The summed E-state index contributed by atoms with van der Waals surface area (Å²) in [6, 6.07) is 29.1. The molecule has 132 valence electrons. The zero-order valence-electron chi connectivity index (χ0n) is 14.6. The van der Waals surface area contributed by atoms with Crippen LogP contribution < -0.4 is 15.9 Å². The number of methoxy groups -OCH3 is 1. The monoisotopic (exact) mass is 427 g/mol. The van der Waals surface area contributed by atoms with Crippen LogP contribution in [-0.2, 0) is 14.9 Å². The molecule has 0 saturated heterocycles. The number of carbonyl (C=O) groups excluding carboxylic acids is 1. The molecular formula is C22H21BrO2P+. The summed E-state index contributed by atoms with van der Waals surface area (Å²) in [6.45, 7) is 0. The predicted molar refractivity (Wildman–Crippen MR) is 115 cm³/mol. The highest BCUT2D eigenvalue weighted by atomic mass is 79.9. The van der Waals surface area contributed by atoms with Crippen molar-refractivity contribution in [2.24, 2.45) is 0 Å². The predicted octanol–water partition coefficient (Wildman–Crippen LogP) is 4.05. The third-order valence-electron chi connectivity index (χ3n) is 4.53. The van der Waals surface area contributed by atoms with Crippen LogP contribution in [-0.4, -0.2) is 19.2 Å². The number of alkyl halides is 1. The second kappa shape index (κ2) is 8.62. The first kappa shape index (κ1) is 18.8. The Kier molecular flexibility index (Phi) is 6.24. The van der Waals surface area contributed by atoms with Crippen molar-refractivity contribution in [2.45, 2.75) is 5.33 Å². The van der Waals surface area contributed by atoms with Gasteiger partial charge in [-0.3, -0.25) is 0 Å². The van der Waals surface area contributed by atoms with Crippen molar-refractivity contribution in [3.8, 4) is 0 Å². The van der Waals surface area contributed by atoms with Crippen LogP contribution in [0.25, 0.3) is 0 Å². The minimum absolute atomic E-state index is 0.185. The minimum Gasteiger partial charge on any atom is -0.466 e. The van der Waals surface area contributed by atoms with Crippen LogP contribution in [0.1, 0.15) is 5.56 Å². The number of halogens is 1. The first-order valence-corrected chi connectivity index (χ1v) is 11.5. The van der Waals surface area contributed by atoms with Crippen molar-refractivity contribution in [3.63, 3.8) is 0 Å². The van der Waals surface area contributed by atoms with Crippen LogP contribution in [0.2, 0.25) is 0 Å². The van der Waals surface area contributed by atoms with Gasteiger partial charge in [-0.2, -0.15) is 0 Å². The van der Waals surface area contributed by atoms with Crippen LogP contribution in [0.5, 0.6) is 0 Å². The molecule has 3 aromatic rings. The topological polar surface area (TPSA) is 26.3 Å². The molecule has 0 unspecified atom stereocenters. The van der Waals surface area contributed by atoms with Gasteiger partial charge in [-0.05, 0) is 30.3 Å². The van der Waals surface area contributed by atoms with Crippen molar-refractivity contribution in [1.82, 2.24) is 0 Å². The Morgan fingerprint density at radius 3 is 1.85 bits per heavy atom. The molecule has 0 N–H and O–H groups in total. The fourth-order valence-electron chi connectivity index (χ4n) is 3.31. The lowest BCUT2D eigenvalue weighted by molar-refractivity contribution is -0.137. The number of carbonyl (C=O) groups is 1. The Morgan fingerprint density at radius 1 is 0.846 bits per heavy atom. The van der Waals surface area contributed by atoms with Gasteiger partial charge in [0.1, 0.15) is 23.2 Å². The number of benzene rings is 3. The molecule has 3 aromatic carbocycles. The minimum atomic E-state index is -2.18. The van der Waals surface area contributed by atoms with E-state index in [-0.39, 0.29) is 5.97 Å². The quantitative estimate of drug-likeness (QED) is 0.337. The largest absolute Gasteiger partial charge is 0.466 e. The van der Waals surface area contributed by atoms with Gasteiger partial charge in [0.2, 0.25) is 0 Å². The van der Waals surface area contributed by atoms with Crippen LogP contribution >= 0.6 is 23.2 Å². The first-order chi connectivity index (χ1) is 12.7. The molecule has 0 radical (unpaired) electrons. The number of ether oxygens (including phenoxy) is 1. The molecule has 2 nitrogen and oxygen atoms in total. The average Bonchev–Trinajstić information content (AvgIpc) is 2.73. The molecule has 0 bridgehead atoms. The summed E-state index contributed by atoms with van der Waals surface area (Å²) < 4.78 is 5.12. The van der Waals surface area contributed by atoms with Crippen LogP contribution in [0.15, 0.2) is 84.9 Å². The molecule has 0 heterocycles. The van der Waals surface area contributed by atoms with Gasteiger partial charge >= 0.3 is 5.97 Å². The molecule has 0 atom stereocenters. The zero-order chi connectivity index (χ0) is 18.4. The molecular weight excluding hydrogens is 407 g/mol. The smallest absolute Gasteiger partial charge is 0.344 e. The van der Waals surface area contributed by atoms with E-state index >= 15 is 0 Å². The second-order valence-corrected chi connectivity index (χ2v) is 9.99. The molecule has 4 heteroatoms. The molecule has 0 amide bonds. The second-order valence-electron chi connectivity index (χ2n) is 5.98. The van der Waals surface area contributed by atoms with E-state index in [2.05, 4.69) is 58.4 Å². The number of rotatable bonds is 6. The molecule has 0 fully saturated rings. The normalized spacial score (nSPS) is 11.2. The first-order valence-electron chi connectivity index (χ1n) is 8.43. The van der Waals surface area contributed by atoms with Crippen molar-refractivity contribution < 1.29 is 9.53 Å². The summed E-state index contributed by atoms with van der Waals surface area (Å²) in [7, 11) is -0.723. The van der Waals surface area contributed by atoms with Gasteiger partial charge in [0.25, 0.3) is 0 Å². The molecule has 26 heavy (non-hydrogen) atoms. The van der Waals surface area contributed by atoms with Gasteiger partial charge in [-0.25, -0.2) is 4.79 Å². The van der Waals surface area contributed by atoms with Crippen LogP contribution in [0, 0.1) is 0 Å². The van der Waals surface area contributed by atoms with Crippen molar-refractivity contribution in [3.05, 3.63) is 90.5 Å². The van der Waals surface area contributed by atoms with Gasteiger partial charge in [0, 0.05) is 10.9 Å². The molecule has 0 aromatic heterocycles. The van der Waals surface area contributed by atoms with E-state index in [0.717, 1.165) is 5.33 Å². The lowest BCUT2D eigenvalue weighted by Crippen LogP contribution is -2.37. The molecule has 3 rings (SSSR count). The third-order valence-corrected chi connectivity index (χ3v) is 9.49. The van der Waals surface area contributed by atoms with E-state index in [1.807, 2.05) is 42.5 Å². The molecule has 0 aliphatic rings. The Balaban J connectivity index is 2.37. The molecule has 0 spiro atoms. The summed E-state index contributed by atoms with van der Waals surface area (Å²) in [5.41, 5.74) is 1.21. The third kappa shape index (κ3) is 3.60. The van der Waals surface area contributed by atoms with Gasteiger partial charge in [0.05, 0.1) is 7.11 Å². The maximum Gasteiger partial charge on any atom is 0.344 e. The summed E-state index contributed by atoms with van der Waals surface area (Å²) in [4.78, 5) is 12.5. The van der Waals surface area contributed by atoms with Gasteiger partial charge in [-0.15, -0.1) is 0 Å². The summed E-state index contributed by atoms with van der Waals surface area (Å²) in [5.74, 6) is -0.185. The number of hydrogen-bond donors (Lipinski definition) is 0. The van der Waals surface area contributed by atoms with E-state index in [0.29, 0.717) is 6.16 Å². The summed E-state index contributed by atoms with van der Waals surface area (Å²) >= 11 is 3.63. The number of esters is 1. The van der Waals surface area contributed by atoms with Crippen molar-refractivity contribution >= 4 is 45.1 Å². The van der Waals surface area contributed by atoms with E-state index in [4.69, 9.17) is 4.74 Å². The fraction of sp³-hybridized carbons (Fsp3) is 0.136. The maximum absolute atomic E-state index is 12.5. The van der Waals surface area contributed by atoms with E-state index in [1.165, 1.54) is 28.6 Å². The van der Waals surface area contributed by atoms with Crippen LogP contribution in [0.4, 0.5) is 0 Å². The number of hydrogen-bond acceptors (Lipinski definition) is 2. The van der Waals surface area contributed by atoms with Crippen molar-refractivity contribution in [1.29, 1.82) is 0 Å². The Hall–Kier alpha value is -1.96. The fourth-order valence-corrected chi connectivity index (χ4v) is 8.27. The van der Waals surface area contributed by atoms with Gasteiger partial charge in [0.15, 0.2) is 6.16 Å². The molecule has 0 aliphatic carbocycles. The lowest BCUT2D eigenvalue weighted by Gasteiger charge is -2.28. The zero-order valence-corrected chi connectivity index (χ0v) is 17.1. The highest BCUT2D eigenvalue weighted by Crippen LogP contribution is 2.56. The lowest BCUT2D eigenvalue weighted by atomic mass is 10.2. The highest BCUT2D eigenvalue weighted by molar-refractivity contribution is 9.08. The summed E-state index contributed by atoms with van der Waals surface area (Å²) in [6.07, 6.45) is 0.349. The van der Waals surface area contributed by atoms with E-state index < -0.39 is 7.26 Å². The Bertz CT molecular complexity index is 826. The molecule has 0 saturated carbocycles. The standard InChI is InChI=1S/C22H21BrO2P/c1-25-22(24)17-26(19-11-4-2-5-12-19,20-13-6-3-7-14-20)21-15-9-8-10-18(21)16-23/h2-15H,16-17H2,1H3/q+1. The Morgan fingerprint density at radius 2 is 1.35 bits per heavy atom. The summed E-state index contributed by atoms with van der Waals surface area (Å²) in [5, 5.41) is 4.33. The SMILES string of the molecule is COC(=O)C[P+](c1ccccc1)(c1ccccc1)c1ccccc1CBr. The van der Waals surface area contributed by atoms with E-state index in [1.54, 1.807) is 0 Å². The maximum atomic E-state index is 12.5. The van der Waals surface area contributed by atoms with Crippen LogP contribution in [0.3, 0.4) is 0 Å². The Labute approximate surface area is 163 Å². The van der Waals surface area contributed by atoms with E-state index in [9.17, 15) is 4.79 Å². The average molecular weight is 428 g/mol. The highest BCUT2D eigenvalue weighted by Gasteiger charge is 2.48. The van der Waals surface area contributed by atoms with Gasteiger partial charge < -0.3 is 4.74 Å². The molecule has 0 aliphatic heterocycles.